The number of nitrogens with zero attached hydrogens (tertiary/aromatic N) is 1. The Kier molecular flexibility index (Phi) is 5.55. The molecule has 0 bridgehead atoms. The number of aryl methyl sites for hydroxylation is 1. The van der Waals surface area contributed by atoms with Crippen molar-refractivity contribution in [2.45, 2.75) is 25.8 Å². The van der Waals surface area contributed by atoms with Crippen molar-refractivity contribution in [1.82, 2.24) is 4.98 Å². The molecule has 2 N–H and O–H groups in total. The molecule has 6 nitrogen and oxygen atoms in total. The van der Waals surface area contributed by atoms with E-state index < -0.39 is 0 Å². The van der Waals surface area contributed by atoms with Crippen molar-refractivity contribution in [2.75, 3.05) is 33.1 Å². The monoisotopic (exact) mass is 362 g/mol. The molecule has 1 aromatic carbocycles. The summed E-state index contributed by atoms with van der Waals surface area (Å²) in [6.45, 7) is 2.10. The van der Waals surface area contributed by atoms with Crippen LogP contribution in [0.4, 0.5) is 5.13 Å². The van der Waals surface area contributed by atoms with Gasteiger partial charge in [0.1, 0.15) is 6.54 Å². The van der Waals surface area contributed by atoms with Crippen LogP contribution in [0, 0.1) is 0 Å². The first kappa shape index (κ1) is 17.7. The van der Waals surface area contributed by atoms with Crippen molar-refractivity contribution in [3.63, 3.8) is 0 Å². The lowest BCUT2D eigenvalue weighted by atomic mass is 10.1. The van der Waals surface area contributed by atoms with E-state index in [0.29, 0.717) is 24.3 Å². The molecule has 0 spiro atoms. The highest BCUT2D eigenvalue weighted by Gasteiger charge is 2.21. The Morgan fingerprint density at radius 1 is 1.32 bits per heavy atom. The second-order valence-electron chi connectivity index (χ2n) is 6.26. The number of hydrogen-bond acceptors (Lipinski definition) is 5. The van der Waals surface area contributed by atoms with Gasteiger partial charge >= 0.3 is 0 Å². The highest BCUT2D eigenvalue weighted by molar-refractivity contribution is 7.15. The summed E-state index contributed by atoms with van der Waals surface area (Å²) in [5.41, 5.74) is 2.18. The first-order valence-electron chi connectivity index (χ1n) is 8.39. The molecule has 0 saturated carbocycles. The highest BCUT2D eigenvalue weighted by atomic mass is 32.1. The number of hydrogen-bond donors (Lipinski definition) is 2. The Labute approximate surface area is 151 Å². The summed E-state index contributed by atoms with van der Waals surface area (Å²) in [4.78, 5) is 19.6. The molecule has 0 radical (unpaired) electrons. The summed E-state index contributed by atoms with van der Waals surface area (Å²) in [6, 6.07) is 5.72. The number of anilines is 1. The predicted molar refractivity (Wildman–Crippen MR) is 97.8 cm³/mol. The van der Waals surface area contributed by atoms with Crippen LogP contribution >= 0.6 is 11.3 Å². The van der Waals surface area contributed by atoms with Gasteiger partial charge in [-0.05, 0) is 24.1 Å². The molecule has 0 aliphatic carbocycles. The topological polar surface area (TPSA) is 64.9 Å². The fourth-order valence-electron chi connectivity index (χ4n) is 2.94. The number of nitrogens with one attached hydrogen (secondary N) is 2. The third-order valence-corrected chi connectivity index (χ3v) is 5.38. The molecule has 7 heteroatoms. The SMILES string of the molecule is COc1ccc(CCC(=O)Nc2nc3c(s2)C[NH+](C)CC3)cc1OC. The maximum absolute atomic E-state index is 12.2. The first-order chi connectivity index (χ1) is 12.1. The number of likely N-dealkylation sites (N-methyl/N-ethyl adjacent to an activating group) is 1. The quantitative estimate of drug-likeness (QED) is 0.813. The number of amides is 1. The normalized spacial score (nSPS) is 16.2. The molecule has 2 heterocycles. The molecule has 0 fully saturated rings. The van der Waals surface area contributed by atoms with Crippen LogP contribution in [0.2, 0.25) is 0 Å². The lowest BCUT2D eigenvalue weighted by Crippen LogP contribution is -3.08. The number of ether oxygens (including phenoxy) is 2. The van der Waals surface area contributed by atoms with Gasteiger partial charge in [0, 0.05) is 12.8 Å². The molecule has 1 atom stereocenters. The van der Waals surface area contributed by atoms with Crippen LogP contribution in [0.5, 0.6) is 11.5 Å². The number of benzene rings is 1. The fraction of sp³-hybridized carbons (Fsp3) is 0.444. The molecule has 134 valence electrons. The molecular formula is C18H24N3O3S+. The summed E-state index contributed by atoms with van der Waals surface area (Å²) < 4.78 is 10.5. The predicted octanol–water partition coefficient (Wildman–Crippen LogP) is 1.30. The van der Waals surface area contributed by atoms with E-state index in [-0.39, 0.29) is 5.91 Å². The van der Waals surface area contributed by atoms with E-state index in [1.54, 1.807) is 25.6 Å². The van der Waals surface area contributed by atoms with Crippen molar-refractivity contribution < 1.29 is 19.2 Å². The number of aromatic nitrogens is 1. The van der Waals surface area contributed by atoms with Gasteiger partial charge in [0.05, 0.1) is 38.4 Å². The molecule has 2 aromatic rings. The Morgan fingerprint density at radius 3 is 2.88 bits per heavy atom. The lowest BCUT2D eigenvalue weighted by molar-refractivity contribution is -0.895. The highest BCUT2D eigenvalue weighted by Crippen LogP contribution is 2.28. The zero-order chi connectivity index (χ0) is 17.8. The van der Waals surface area contributed by atoms with E-state index in [9.17, 15) is 4.79 Å². The van der Waals surface area contributed by atoms with Crippen LogP contribution in [-0.2, 0) is 24.2 Å². The molecule has 25 heavy (non-hydrogen) atoms. The van der Waals surface area contributed by atoms with Crippen molar-refractivity contribution in [1.29, 1.82) is 0 Å². The summed E-state index contributed by atoms with van der Waals surface area (Å²) in [5, 5.41) is 3.66. The van der Waals surface area contributed by atoms with Gasteiger partial charge < -0.3 is 19.7 Å². The molecule has 1 unspecified atom stereocenters. The molecule has 1 aromatic heterocycles. The molecule has 0 saturated heterocycles. The molecule has 3 rings (SSSR count). The van der Waals surface area contributed by atoms with Crippen molar-refractivity contribution >= 4 is 22.4 Å². The lowest BCUT2D eigenvalue weighted by Gasteiger charge is -2.17. The zero-order valence-corrected chi connectivity index (χ0v) is 15.7. The van der Waals surface area contributed by atoms with Gasteiger partial charge in [-0.3, -0.25) is 4.79 Å². The summed E-state index contributed by atoms with van der Waals surface area (Å²) in [6.07, 6.45) is 2.04. The van der Waals surface area contributed by atoms with E-state index in [0.717, 1.165) is 35.9 Å². The van der Waals surface area contributed by atoms with Gasteiger partial charge in [0.2, 0.25) is 5.91 Å². The number of methoxy groups -OCH3 is 2. The Hall–Kier alpha value is -2.12. The van der Waals surface area contributed by atoms with Crippen LogP contribution in [0.1, 0.15) is 22.6 Å². The minimum atomic E-state index is -0.0124. The number of rotatable bonds is 6. The van der Waals surface area contributed by atoms with E-state index in [1.807, 2.05) is 18.2 Å². The summed E-state index contributed by atoms with van der Waals surface area (Å²) >= 11 is 1.60. The minimum Gasteiger partial charge on any atom is -0.493 e. The first-order valence-corrected chi connectivity index (χ1v) is 9.21. The summed E-state index contributed by atoms with van der Waals surface area (Å²) in [7, 11) is 5.40. The maximum Gasteiger partial charge on any atom is 0.226 e. The van der Waals surface area contributed by atoms with Crippen LogP contribution in [0.3, 0.4) is 0 Å². The maximum atomic E-state index is 12.2. The molecule has 1 amide bonds. The molecule has 1 aliphatic rings. The second kappa shape index (κ2) is 7.84. The average Bonchev–Trinajstić information content (AvgIpc) is 3.00. The fourth-order valence-corrected chi connectivity index (χ4v) is 4.08. The van der Waals surface area contributed by atoms with Gasteiger partial charge in [0.25, 0.3) is 0 Å². The Balaban J connectivity index is 1.56. The van der Waals surface area contributed by atoms with Crippen molar-refractivity contribution in [3.8, 4) is 11.5 Å². The van der Waals surface area contributed by atoms with Gasteiger partial charge in [-0.15, -0.1) is 0 Å². The molecule has 1 aliphatic heterocycles. The summed E-state index contributed by atoms with van der Waals surface area (Å²) in [5.74, 6) is 1.36. The van der Waals surface area contributed by atoms with E-state index in [1.165, 1.54) is 9.78 Å². The average molecular weight is 362 g/mol. The van der Waals surface area contributed by atoms with Gasteiger partial charge in [-0.1, -0.05) is 17.4 Å². The third kappa shape index (κ3) is 4.29. The minimum absolute atomic E-state index is 0.0124. The van der Waals surface area contributed by atoms with Crippen molar-refractivity contribution in [2.24, 2.45) is 0 Å². The van der Waals surface area contributed by atoms with E-state index in [4.69, 9.17) is 9.47 Å². The number of carbonyl (C=O) groups excluding carboxylic acids is 1. The largest absolute Gasteiger partial charge is 0.493 e. The van der Waals surface area contributed by atoms with E-state index >= 15 is 0 Å². The third-order valence-electron chi connectivity index (χ3n) is 4.36. The smallest absolute Gasteiger partial charge is 0.226 e. The number of carbonyl (C=O) groups is 1. The number of fused-ring (bicyclic) bond motifs is 1. The number of quaternary nitrogens is 1. The number of thiazole rings is 1. The van der Waals surface area contributed by atoms with Gasteiger partial charge in [-0.25, -0.2) is 4.98 Å². The zero-order valence-electron chi connectivity index (χ0n) is 14.8. The molecular weight excluding hydrogens is 338 g/mol. The second-order valence-corrected chi connectivity index (χ2v) is 7.34. The van der Waals surface area contributed by atoms with Crippen LogP contribution in [-0.4, -0.2) is 38.7 Å². The Morgan fingerprint density at radius 2 is 2.12 bits per heavy atom. The Bertz CT molecular complexity index is 760. The standard InChI is InChI=1S/C18H23N3O3S/c1-21-9-8-13-16(11-21)25-18(19-13)20-17(22)7-5-12-4-6-14(23-2)15(10-12)24-3/h4,6,10H,5,7-9,11H2,1-3H3,(H,19,20,22)/p+1. The van der Waals surface area contributed by atoms with E-state index in [2.05, 4.69) is 17.3 Å². The van der Waals surface area contributed by atoms with Gasteiger partial charge in [-0.2, -0.15) is 0 Å². The van der Waals surface area contributed by atoms with Crippen LogP contribution in [0.15, 0.2) is 18.2 Å². The van der Waals surface area contributed by atoms with Crippen molar-refractivity contribution in [3.05, 3.63) is 34.3 Å². The van der Waals surface area contributed by atoms with Crippen LogP contribution < -0.4 is 19.7 Å². The van der Waals surface area contributed by atoms with Crippen LogP contribution in [0.25, 0.3) is 0 Å². The van der Waals surface area contributed by atoms with Gasteiger partial charge in [0.15, 0.2) is 16.6 Å².